The molecule has 2 aliphatic heterocycles. The van der Waals surface area contributed by atoms with Gasteiger partial charge in [0, 0.05) is 0 Å². The first-order chi connectivity index (χ1) is 9.87. The fraction of sp³-hybridized carbons (Fsp3) is 0.647. The summed E-state index contributed by atoms with van der Waals surface area (Å²) in [5.41, 5.74) is 1.50. The fourth-order valence-electron chi connectivity index (χ4n) is 4.10. The van der Waals surface area contributed by atoms with Gasteiger partial charge >= 0.3 is 127 Å². The van der Waals surface area contributed by atoms with Crippen LogP contribution >= 0.6 is 0 Å². The second-order valence-electron chi connectivity index (χ2n) is 6.18. The molecular formula is C17H22O2Se. The molecule has 0 unspecified atom stereocenters. The number of ether oxygens (including phenoxy) is 2. The summed E-state index contributed by atoms with van der Waals surface area (Å²) in [5.74, 6) is 0.421. The Balaban J connectivity index is 1.64. The molecule has 1 aromatic rings. The van der Waals surface area contributed by atoms with Gasteiger partial charge in [-0.15, -0.1) is 0 Å². The molecule has 0 amide bonds. The Morgan fingerprint density at radius 2 is 1.75 bits per heavy atom. The molecule has 3 atom stereocenters. The summed E-state index contributed by atoms with van der Waals surface area (Å²) < 4.78 is 12.4. The van der Waals surface area contributed by atoms with Crippen molar-refractivity contribution < 1.29 is 9.47 Å². The summed E-state index contributed by atoms with van der Waals surface area (Å²) in [6.45, 7) is 1.58. The van der Waals surface area contributed by atoms with Crippen LogP contribution in [0, 0.1) is 5.92 Å². The van der Waals surface area contributed by atoms with Gasteiger partial charge < -0.3 is 0 Å². The predicted molar refractivity (Wildman–Crippen MR) is 79.9 cm³/mol. The van der Waals surface area contributed by atoms with Gasteiger partial charge in [-0.3, -0.25) is 0 Å². The number of rotatable bonds is 1. The Hall–Kier alpha value is -0.341. The first-order valence-corrected chi connectivity index (χ1v) is 9.83. The molecule has 3 fully saturated rings. The Morgan fingerprint density at radius 3 is 2.55 bits per heavy atom. The zero-order valence-corrected chi connectivity index (χ0v) is 13.5. The fourth-order valence-corrected chi connectivity index (χ4v) is 8.09. The summed E-state index contributed by atoms with van der Waals surface area (Å²) in [4.78, 5) is 1.52. The minimum atomic E-state index is -0.244. The van der Waals surface area contributed by atoms with E-state index < -0.39 is 0 Å². The van der Waals surface area contributed by atoms with Gasteiger partial charge in [0.15, 0.2) is 0 Å². The van der Waals surface area contributed by atoms with E-state index in [1.807, 2.05) is 0 Å². The van der Waals surface area contributed by atoms with Crippen LogP contribution in [0.15, 0.2) is 30.3 Å². The second kappa shape index (κ2) is 5.46. The van der Waals surface area contributed by atoms with E-state index in [2.05, 4.69) is 30.3 Å². The zero-order chi connectivity index (χ0) is 13.4. The Kier molecular flexibility index (Phi) is 3.64. The molecule has 2 saturated heterocycles. The van der Waals surface area contributed by atoms with Crippen molar-refractivity contribution in [2.75, 3.05) is 13.2 Å². The number of hydrogen-bond donors (Lipinski definition) is 0. The van der Waals surface area contributed by atoms with E-state index in [0.717, 1.165) is 24.5 Å². The van der Waals surface area contributed by atoms with Gasteiger partial charge in [-0.2, -0.15) is 0 Å². The van der Waals surface area contributed by atoms with Crippen molar-refractivity contribution in [3.63, 3.8) is 0 Å². The second-order valence-corrected chi connectivity index (χ2v) is 9.21. The van der Waals surface area contributed by atoms with Crippen LogP contribution in [-0.2, 0) is 9.47 Å². The first-order valence-electron chi connectivity index (χ1n) is 7.86. The summed E-state index contributed by atoms with van der Waals surface area (Å²) >= 11 is 0.688. The average Bonchev–Trinajstić information content (AvgIpc) is 2.97. The van der Waals surface area contributed by atoms with Crippen LogP contribution in [0.3, 0.4) is 0 Å². The third-order valence-electron chi connectivity index (χ3n) is 5.02. The van der Waals surface area contributed by atoms with Crippen molar-refractivity contribution in [3.05, 3.63) is 35.9 Å². The summed E-state index contributed by atoms with van der Waals surface area (Å²) in [6, 6.07) is 11.0. The van der Waals surface area contributed by atoms with Gasteiger partial charge in [0.2, 0.25) is 0 Å². The zero-order valence-electron chi connectivity index (χ0n) is 11.8. The van der Waals surface area contributed by atoms with Gasteiger partial charge in [-0.25, -0.2) is 0 Å². The van der Waals surface area contributed by atoms with E-state index in [1.165, 1.54) is 31.2 Å². The van der Waals surface area contributed by atoms with E-state index in [9.17, 15) is 0 Å². The van der Waals surface area contributed by atoms with Crippen LogP contribution in [0.5, 0.6) is 0 Å². The van der Waals surface area contributed by atoms with Crippen molar-refractivity contribution in [1.29, 1.82) is 0 Å². The van der Waals surface area contributed by atoms with Crippen LogP contribution < -0.4 is 0 Å². The van der Waals surface area contributed by atoms with Crippen molar-refractivity contribution >= 4 is 15.0 Å². The van der Waals surface area contributed by atoms with E-state index in [-0.39, 0.29) is 5.79 Å². The van der Waals surface area contributed by atoms with Gasteiger partial charge in [-0.1, -0.05) is 0 Å². The molecule has 1 aromatic carbocycles. The van der Waals surface area contributed by atoms with E-state index >= 15 is 0 Å². The van der Waals surface area contributed by atoms with E-state index in [1.54, 1.807) is 0 Å². The van der Waals surface area contributed by atoms with Crippen LogP contribution in [0.4, 0.5) is 0 Å². The molecule has 0 aromatic heterocycles. The molecule has 1 saturated carbocycles. The number of benzene rings is 1. The third-order valence-corrected chi connectivity index (χ3v) is 8.55. The van der Waals surface area contributed by atoms with Crippen LogP contribution in [0.2, 0.25) is 4.82 Å². The summed E-state index contributed by atoms with van der Waals surface area (Å²) in [7, 11) is 0. The maximum absolute atomic E-state index is 6.19. The van der Waals surface area contributed by atoms with Gasteiger partial charge in [0.05, 0.1) is 0 Å². The van der Waals surface area contributed by atoms with Gasteiger partial charge in [-0.05, 0) is 0 Å². The molecule has 3 aliphatic rings. The molecule has 108 valence electrons. The Bertz CT molecular complexity index is 455. The number of fused-ring (bicyclic) bond motifs is 2. The molecule has 2 nitrogen and oxygen atoms in total. The Labute approximate surface area is 127 Å². The van der Waals surface area contributed by atoms with Crippen LogP contribution in [0.25, 0.3) is 0 Å². The molecule has 1 spiro atoms. The molecule has 0 radical (unpaired) electrons. The average molecular weight is 337 g/mol. The molecule has 2 heterocycles. The van der Waals surface area contributed by atoms with Crippen LogP contribution in [0.1, 0.15) is 42.5 Å². The maximum atomic E-state index is 6.19. The molecule has 4 rings (SSSR count). The quantitative estimate of drug-likeness (QED) is 0.730. The molecule has 0 N–H and O–H groups in total. The first kappa shape index (κ1) is 13.3. The van der Waals surface area contributed by atoms with Crippen molar-refractivity contribution in [3.8, 4) is 0 Å². The molecular weight excluding hydrogens is 315 g/mol. The van der Waals surface area contributed by atoms with E-state index in [4.69, 9.17) is 9.47 Å². The monoisotopic (exact) mass is 338 g/mol. The van der Waals surface area contributed by atoms with Crippen molar-refractivity contribution in [2.24, 2.45) is 5.92 Å². The molecule has 3 heteroatoms. The van der Waals surface area contributed by atoms with Gasteiger partial charge in [0.25, 0.3) is 0 Å². The normalized spacial score (nSPS) is 35.9. The third kappa shape index (κ3) is 2.25. The summed E-state index contributed by atoms with van der Waals surface area (Å²) in [5, 5.41) is 0. The SMILES string of the molecule is c1ccc([C@@H]2CC3(OCCO3)[C@@H]3CCCC[C@H]3[Se]2)cc1. The van der Waals surface area contributed by atoms with E-state index in [0.29, 0.717) is 25.7 Å². The molecule has 0 bridgehead atoms. The van der Waals surface area contributed by atoms with Gasteiger partial charge in [0.1, 0.15) is 0 Å². The Morgan fingerprint density at radius 1 is 1.00 bits per heavy atom. The minimum absolute atomic E-state index is 0.244. The molecule has 20 heavy (non-hydrogen) atoms. The van der Waals surface area contributed by atoms with Crippen molar-refractivity contribution in [2.45, 2.75) is 47.5 Å². The van der Waals surface area contributed by atoms with Crippen molar-refractivity contribution in [1.82, 2.24) is 0 Å². The predicted octanol–water partition coefficient (Wildman–Crippen LogP) is 3.56. The number of hydrogen-bond acceptors (Lipinski definition) is 2. The molecule has 1 aliphatic carbocycles. The summed E-state index contributed by atoms with van der Waals surface area (Å²) in [6.07, 6.45) is 6.55. The standard InChI is InChI=1S/C17H22O2Se/c1-2-6-13(7-3-1)16-12-17(18-10-11-19-17)14-8-4-5-9-15(14)20-16/h1-3,6-7,14-16H,4-5,8-12H2/t14-,15-,16+/m1/s1. The van der Waals surface area contributed by atoms with Crippen LogP contribution in [-0.4, -0.2) is 34.0 Å². The topological polar surface area (TPSA) is 18.5 Å².